The Morgan fingerprint density at radius 1 is 1.41 bits per heavy atom. The number of hydrazine groups is 1. The van der Waals surface area contributed by atoms with Crippen molar-refractivity contribution in [3.05, 3.63) is 17.3 Å². The molecular formula is C10H14ClN5O. The Morgan fingerprint density at radius 3 is 2.65 bits per heavy atom. The zero-order chi connectivity index (χ0) is 12.3. The number of nitrogens with two attached hydrogens (primary N) is 1. The summed E-state index contributed by atoms with van der Waals surface area (Å²) >= 11 is 5.68. The molecule has 92 valence electrons. The second kappa shape index (κ2) is 5.29. The van der Waals surface area contributed by atoms with Gasteiger partial charge in [0.2, 0.25) is 5.91 Å². The van der Waals surface area contributed by atoms with E-state index in [2.05, 4.69) is 20.5 Å². The topological polar surface area (TPSA) is 84.1 Å². The van der Waals surface area contributed by atoms with Gasteiger partial charge in [0.15, 0.2) is 11.0 Å². The highest BCUT2D eigenvalue weighted by molar-refractivity contribution is 6.29. The lowest BCUT2D eigenvalue weighted by atomic mass is 9.96. The number of carbonyl (C=O) groups is 1. The molecule has 1 amide bonds. The van der Waals surface area contributed by atoms with Gasteiger partial charge in [0.25, 0.3) is 0 Å². The maximum atomic E-state index is 11.4. The van der Waals surface area contributed by atoms with E-state index in [1.54, 1.807) is 6.07 Å². The zero-order valence-corrected chi connectivity index (χ0v) is 10.0. The molecule has 0 saturated carbocycles. The number of amides is 1. The van der Waals surface area contributed by atoms with E-state index in [0.29, 0.717) is 5.15 Å². The largest absolute Gasteiger partial charge is 0.355 e. The lowest BCUT2D eigenvalue weighted by Crippen LogP contribution is -2.43. The molecule has 1 aliphatic rings. The van der Waals surface area contributed by atoms with E-state index < -0.39 is 0 Å². The number of piperidine rings is 1. The van der Waals surface area contributed by atoms with Gasteiger partial charge in [0.05, 0.1) is 0 Å². The van der Waals surface area contributed by atoms with Crippen LogP contribution in [0.15, 0.2) is 12.1 Å². The Bertz CT molecular complexity index is 388. The van der Waals surface area contributed by atoms with Crippen molar-refractivity contribution in [3.63, 3.8) is 0 Å². The minimum atomic E-state index is -0.0909. The third-order valence-electron chi connectivity index (χ3n) is 2.95. The highest BCUT2D eigenvalue weighted by atomic mass is 35.5. The van der Waals surface area contributed by atoms with Gasteiger partial charge in [-0.3, -0.25) is 10.2 Å². The molecule has 0 aromatic carbocycles. The average molecular weight is 256 g/mol. The molecule has 6 nitrogen and oxygen atoms in total. The van der Waals surface area contributed by atoms with Crippen LogP contribution in [0.3, 0.4) is 0 Å². The molecule has 17 heavy (non-hydrogen) atoms. The summed E-state index contributed by atoms with van der Waals surface area (Å²) in [6.07, 6.45) is 1.54. The second-order valence-electron chi connectivity index (χ2n) is 3.98. The fourth-order valence-electron chi connectivity index (χ4n) is 1.97. The van der Waals surface area contributed by atoms with Crippen molar-refractivity contribution < 1.29 is 4.79 Å². The van der Waals surface area contributed by atoms with Crippen molar-refractivity contribution in [1.82, 2.24) is 15.6 Å². The van der Waals surface area contributed by atoms with Crippen molar-refractivity contribution in [2.24, 2.45) is 11.8 Å². The summed E-state index contributed by atoms with van der Waals surface area (Å²) in [7, 11) is 0. The van der Waals surface area contributed by atoms with E-state index in [1.807, 2.05) is 6.07 Å². The predicted octanol–water partition coefficient (Wildman–Crippen LogP) is 0.336. The van der Waals surface area contributed by atoms with Gasteiger partial charge in [0, 0.05) is 19.0 Å². The van der Waals surface area contributed by atoms with Gasteiger partial charge < -0.3 is 4.90 Å². The van der Waals surface area contributed by atoms with Crippen LogP contribution < -0.4 is 16.2 Å². The van der Waals surface area contributed by atoms with Crippen LogP contribution in [0.4, 0.5) is 5.82 Å². The Balaban J connectivity index is 1.95. The van der Waals surface area contributed by atoms with E-state index in [0.717, 1.165) is 31.7 Å². The molecule has 0 aliphatic carbocycles. The third-order valence-corrected chi connectivity index (χ3v) is 3.15. The Hall–Kier alpha value is -1.40. The number of nitrogens with one attached hydrogen (secondary N) is 1. The number of nitrogens with zero attached hydrogens (tertiary/aromatic N) is 3. The summed E-state index contributed by atoms with van der Waals surface area (Å²) in [6.45, 7) is 1.54. The molecule has 2 heterocycles. The second-order valence-corrected chi connectivity index (χ2v) is 4.37. The molecule has 3 N–H and O–H groups in total. The van der Waals surface area contributed by atoms with Crippen LogP contribution in [0.5, 0.6) is 0 Å². The summed E-state index contributed by atoms with van der Waals surface area (Å²) < 4.78 is 0. The minimum Gasteiger partial charge on any atom is -0.355 e. The lowest BCUT2D eigenvalue weighted by Gasteiger charge is -2.31. The van der Waals surface area contributed by atoms with Gasteiger partial charge in [-0.1, -0.05) is 11.6 Å². The zero-order valence-electron chi connectivity index (χ0n) is 9.27. The summed E-state index contributed by atoms with van der Waals surface area (Å²) in [4.78, 5) is 13.4. The quantitative estimate of drug-likeness (QED) is 0.452. The SMILES string of the molecule is NNC(=O)C1CCN(c2ccc(Cl)nn2)CC1. The monoisotopic (exact) mass is 255 g/mol. The van der Waals surface area contributed by atoms with Crippen molar-refractivity contribution in [2.45, 2.75) is 12.8 Å². The highest BCUT2D eigenvalue weighted by Crippen LogP contribution is 2.21. The number of carbonyl (C=O) groups excluding carboxylic acids is 1. The van der Waals surface area contributed by atoms with Gasteiger partial charge in [-0.2, -0.15) is 0 Å². The standard InChI is InChI=1S/C10H14ClN5O/c11-8-1-2-9(15-14-8)16-5-3-7(4-6-16)10(17)13-12/h1-2,7H,3-6,12H2,(H,13,17). The van der Waals surface area contributed by atoms with Crippen LogP contribution in [-0.2, 0) is 4.79 Å². The number of halogens is 1. The summed E-state index contributed by atoms with van der Waals surface area (Å²) in [5.74, 6) is 5.81. The van der Waals surface area contributed by atoms with E-state index >= 15 is 0 Å². The van der Waals surface area contributed by atoms with Crippen LogP contribution in [0, 0.1) is 5.92 Å². The van der Waals surface area contributed by atoms with E-state index in [-0.39, 0.29) is 11.8 Å². The minimum absolute atomic E-state index is 0.00323. The number of aromatic nitrogens is 2. The highest BCUT2D eigenvalue weighted by Gasteiger charge is 2.25. The molecule has 1 aromatic heterocycles. The Morgan fingerprint density at radius 2 is 2.12 bits per heavy atom. The van der Waals surface area contributed by atoms with Crippen LogP contribution >= 0.6 is 11.6 Å². The van der Waals surface area contributed by atoms with Gasteiger partial charge >= 0.3 is 0 Å². The molecule has 1 fully saturated rings. The number of rotatable bonds is 2. The number of hydrogen-bond acceptors (Lipinski definition) is 5. The van der Waals surface area contributed by atoms with Crippen molar-refractivity contribution in [3.8, 4) is 0 Å². The van der Waals surface area contributed by atoms with E-state index in [4.69, 9.17) is 17.4 Å². The Kier molecular flexibility index (Phi) is 3.75. The van der Waals surface area contributed by atoms with Gasteiger partial charge in [-0.15, -0.1) is 10.2 Å². The molecule has 1 aliphatic heterocycles. The first-order valence-electron chi connectivity index (χ1n) is 5.45. The molecule has 1 saturated heterocycles. The van der Waals surface area contributed by atoms with Gasteiger partial charge in [-0.05, 0) is 25.0 Å². The molecule has 0 radical (unpaired) electrons. The van der Waals surface area contributed by atoms with Crippen molar-refractivity contribution >= 4 is 23.3 Å². The summed E-state index contributed by atoms with van der Waals surface area (Å²) in [5, 5.41) is 8.19. The predicted molar refractivity (Wildman–Crippen MR) is 64.3 cm³/mol. The fraction of sp³-hybridized carbons (Fsp3) is 0.500. The van der Waals surface area contributed by atoms with Crippen LogP contribution in [0.1, 0.15) is 12.8 Å². The first kappa shape index (κ1) is 12.1. The number of hydrogen-bond donors (Lipinski definition) is 2. The number of anilines is 1. The first-order chi connectivity index (χ1) is 8.20. The molecular weight excluding hydrogens is 242 g/mol. The van der Waals surface area contributed by atoms with Crippen LogP contribution in [0.2, 0.25) is 5.15 Å². The lowest BCUT2D eigenvalue weighted by molar-refractivity contribution is -0.125. The van der Waals surface area contributed by atoms with Crippen LogP contribution in [-0.4, -0.2) is 29.2 Å². The summed E-state index contributed by atoms with van der Waals surface area (Å²) in [5.41, 5.74) is 2.19. The smallest absolute Gasteiger partial charge is 0.237 e. The van der Waals surface area contributed by atoms with Crippen LogP contribution in [0.25, 0.3) is 0 Å². The molecule has 0 unspecified atom stereocenters. The van der Waals surface area contributed by atoms with E-state index in [1.165, 1.54) is 0 Å². The molecule has 0 bridgehead atoms. The molecule has 0 atom stereocenters. The fourth-order valence-corrected chi connectivity index (χ4v) is 2.07. The van der Waals surface area contributed by atoms with Gasteiger partial charge in [0.1, 0.15) is 0 Å². The van der Waals surface area contributed by atoms with Crippen molar-refractivity contribution in [2.75, 3.05) is 18.0 Å². The maximum absolute atomic E-state index is 11.4. The molecule has 7 heteroatoms. The van der Waals surface area contributed by atoms with E-state index in [9.17, 15) is 4.79 Å². The first-order valence-corrected chi connectivity index (χ1v) is 5.83. The molecule has 0 spiro atoms. The molecule has 2 rings (SSSR count). The normalized spacial score (nSPS) is 16.9. The molecule has 1 aromatic rings. The third kappa shape index (κ3) is 2.83. The average Bonchev–Trinajstić information content (AvgIpc) is 2.39. The maximum Gasteiger partial charge on any atom is 0.237 e. The van der Waals surface area contributed by atoms with Crippen molar-refractivity contribution in [1.29, 1.82) is 0 Å². The summed E-state index contributed by atoms with van der Waals surface area (Å²) in [6, 6.07) is 3.54. The Labute approximate surface area is 104 Å². The van der Waals surface area contributed by atoms with Gasteiger partial charge in [-0.25, -0.2) is 5.84 Å².